The number of rotatable bonds is 6. The van der Waals surface area contributed by atoms with Crippen molar-refractivity contribution in [3.8, 4) is 0 Å². The average molecular weight is 241 g/mol. The zero-order valence-electron chi connectivity index (χ0n) is 11.5. The molecule has 0 aromatic carbocycles. The molecule has 0 aliphatic carbocycles. The molecule has 1 saturated heterocycles. The SMILES string of the molecule is CC(C)C(C)(CN)NC(=O)CCN1CCCC1. The van der Waals surface area contributed by atoms with E-state index in [0.717, 1.165) is 19.6 Å². The Bertz CT molecular complexity index is 249. The number of nitrogens with two attached hydrogens (primary N) is 1. The summed E-state index contributed by atoms with van der Waals surface area (Å²) >= 11 is 0. The predicted octanol–water partition coefficient (Wildman–Crippen LogP) is 0.962. The fraction of sp³-hybridized carbons (Fsp3) is 0.923. The van der Waals surface area contributed by atoms with Gasteiger partial charge >= 0.3 is 0 Å². The summed E-state index contributed by atoms with van der Waals surface area (Å²) in [4.78, 5) is 14.2. The first kappa shape index (κ1) is 14.5. The Morgan fingerprint density at radius 2 is 2.00 bits per heavy atom. The van der Waals surface area contributed by atoms with Crippen LogP contribution in [0.4, 0.5) is 0 Å². The third kappa shape index (κ3) is 4.28. The van der Waals surface area contributed by atoms with Gasteiger partial charge in [-0.3, -0.25) is 4.79 Å². The smallest absolute Gasteiger partial charge is 0.221 e. The van der Waals surface area contributed by atoms with Crippen LogP contribution < -0.4 is 11.1 Å². The number of amides is 1. The van der Waals surface area contributed by atoms with Gasteiger partial charge in [-0.25, -0.2) is 0 Å². The monoisotopic (exact) mass is 241 g/mol. The minimum Gasteiger partial charge on any atom is -0.349 e. The van der Waals surface area contributed by atoms with Crippen molar-refractivity contribution in [3.63, 3.8) is 0 Å². The van der Waals surface area contributed by atoms with Crippen molar-refractivity contribution in [2.24, 2.45) is 11.7 Å². The van der Waals surface area contributed by atoms with Crippen LogP contribution >= 0.6 is 0 Å². The van der Waals surface area contributed by atoms with Crippen molar-refractivity contribution in [2.75, 3.05) is 26.2 Å². The van der Waals surface area contributed by atoms with Gasteiger partial charge in [-0.15, -0.1) is 0 Å². The minimum absolute atomic E-state index is 0.124. The number of nitrogens with one attached hydrogen (secondary N) is 1. The number of carbonyl (C=O) groups is 1. The normalized spacial score (nSPS) is 20.5. The van der Waals surface area contributed by atoms with Crippen molar-refractivity contribution < 1.29 is 4.79 Å². The highest BCUT2D eigenvalue weighted by molar-refractivity contribution is 5.77. The molecule has 100 valence electrons. The molecule has 0 bridgehead atoms. The van der Waals surface area contributed by atoms with Crippen LogP contribution in [0.15, 0.2) is 0 Å². The molecule has 1 aliphatic rings. The number of hydrogen-bond donors (Lipinski definition) is 2. The van der Waals surface area contributed by atoms with Crippen molar-refractivity contribution in [3.05, 3.63) is 0 Å². The van der Waals surface area contributed by atoms with E-state index in [2.05, 4.69) is 24.1 Å². The summed E-state index contributed by atoms with van der Waals surface area (Å²) in [5.41, 5.74) is 5.47. The van der Waals surface area contributed by atoms with Gasteiger partial charge in [0.15, 0.2) is 0 Å². The summed E-state index contributed by atoms with van der Waals surface area (Å²) in [6.45, 7) is 9.86. The lowest BCUT2D eigenvalue weighted by Crippen LogP contribution is -2.55. The number of nitrogens with zero attached hydrogens (tertiary/aromatic N) is 1. The van der Waals surface area contributed by atoms with Crippen LogP contribution in [0.3, 0.4) is 0 Å². The van der Waals surface area contributed by atoms with Crippen LogP contribution in [0, 0.1) is 5.92 Å². The molecule has 17 heavy (non-hydrogen) atoms. The van der Waals surface area contributed by atoms with Crippen LogP contribution in [0.2, 0.25) is 0 Å². The molecule has 0 saturated carbocycles. The van der Waals surface area contributed by atoms with E-state index in [1.807, 2.05) is 6.92 Å². The third-order valence-electron chi connectivity index (χ3n) is 3.98. The van der Waals surface area contributed by atoms with E-state index in [1.165, 1.54) is 12.8 Å². The number of carbonyl (C=O) groups excluding carboxylic acids is 1. The Kier molecular flexibility index (Phi) is 5.40. The maximum Gasteiger partial charge on any atom is 0.221 e. The van der Waals surface area contributed by atoms with Gasteiger partial charge in [0, 0.05) is 19.5 Å². The first-order chi connectivity index (χ1) is 7.98. The molecule has 0 aromatic heterocycles. The lowest BCUT2D eigenvalue weighted by atomic mass is 9.88. The average Bonchev–Trinajstić information content (AvgIpc) is 2.78. The first-order valence-corrected chi connectivity index (χ1v) is 6.71. The molecule has 1 aliphatic heterocycles. The molecule has 1 atom stereocenters. The second-order valence-electron chi connectivity index (χ2n) is 5.62. The second kappa shape index (κ2) is 6.36. The largest absolute Gasteiger partial charge is 0.349 e. The third-order valence-corrected chi connectivity index (χ3v) is 3.98. The Morgan fingerprint density at radius 3 is 2.47 bits per heavy atom. The molecule has 1 rings (SSSR count). The molecule has 4 heteroatoms. The van der Waals surface area contributed by atoms with Gasteiger partial charge in [0.25, 0.3) is 0 Å². The zero-order valence-corrected chi connectivity index (χ0v) is 11.5. The van der Waals surface area contributed by atoms with E-state index in [-0.39, 0.29) is 11.4 Å². The Balaban J connectivity index is 2.32. The van der Waals surface area contributed by atoms with Crippen LogP contribution in [0.5, 0.6) is 0 Å². The fourth-order valence-electron chi connectivity index (χ4n) is 2.08. The molecule has 0 spiro atoms. The summed E-state index contributed by atoms with van der Waals surface area (Å²) < 4.78 is 0. The molecule has 0 radical (unpaired) electrons. The summed E-state index contributed by atoms with van der Waals surface area (Å²) in [5.74, 6) is 0.474. The Labute approximate surface area is 105 Å². The minimum atomic E-state index is -0.276. The topological polar surface area (TPSA) is 58.4 Å². The molecular weight excluding hydrogens is 214 g/mol. The van der Waals surface area contributed by atoms with E-state index in [0.29, 0.717) is 18.9 Å². The summed E-state index contributed by atoms with van der Waals surface area (Å²) in [5, 5.41) is 3.08. The van der Waals surface area contributed by atoms with Gasteiger partial charge < -0.3 is 16.0 Å². The molecule has 1 heterocycles. The van der Waals surface area contributed by atoms with Gasteiger partial charge in [0.05, 0.1) is 5.54 Å². The Hall–Kier alpha value is -0.610. The summed E-state index contributed by atoms with van der Waals surface area (Å²) in [7, 11) is 0. The number of likely N-dealkylation sites (tertiary alicyclic amines) is 1. The van der Waals surface area contributed by atoms with Crippen molar-refractivity contribution in [1.82, 2.24) is 10.2 Å². The zero-order chi connectivity index (χ0) is 12.9. The summed E-state index contributed by atoms with van der Waals surface area (Å²) in [6, 6.07) is 0. The van der Waals surface area contributed by atoms with Gasteiger partial charge in [-0.1, -0.05) is 13.8 Å². The second-order valence-corrected chi connectivity index (χ2v) is 5.62. The van der Waals surface area contributed by atoms with Crippen molar-refractivity contribution in [2.45, 2.75) is 45.6 Å². The highest BCUT2D eigenvalue weighted by atomic mass is 16.1. The lowest BCUT2D eigenvalue weighted by molar-refractivity contribution is -0.123. The highest BCUT2D eigenvalue weighted by Gasteiger charge is 2.28. The van der Waals surface area contributed by atoms with Crippen LogP contribution in [-0.4, -0.2) is 42.5 Å². The number of hydrogen-bond acceptors (Lipinski definition) is 3. The fourth-order valence-corrected chi connectivity index (χ4v) is 2.08. The van der Waals surface area contributed by atoms with E-state index < -0.39 is 0 Å². The summed E-state index contributed by atoms with van der Waals surface area (Å²) in [6.07, 6.45) is 3.13. The quantitative estimate of drug-likeness (QED) is 0.728. The Morgan fingerprint density at radius 1 is 1.41 bits per heavy atom. The lowest BCUT2D eigenvalue weighted by Gasteiger charge is -2.33. The van der Waals surface area contributed by atoms with E-state index in [4.69, 9.17) is 5.73 Å². The van der Waals surface area contributed by atoms with Gasteiger partial charge in [-0.2, -0.15) is 0 Å². The van der Waals surface area contributed by atoms with Gasteiger partial charge in [0.1, 0.15) is 0 Å². The standard InChI is InChI=1S/C13H27N3O/c1-11(2)13(3,10-14)15-12(17)6-9-16-7-4-5-8-16/h11H,4-10,14H2,1-3H3,(H,15,17). The van der Waals surface area contributed by atoms with Gasteiger partial charge in [0.2, 0.25) is 5.91 Å². The van der Waals surface area contributed by atoms with Crippen molar-refractivity contribution >= 4 is 5.91 Å². The molecule has 0 aromatic rings. The van der Waals surface area contributed by atoms with E-state index in [9.17, 15) is 4.79 Å². The van der Waals surface area contributed by atoms with Crippen LogP contribution in [0.1, 0.15) is 40.0 Å². The predicted molar refractivity (Wildman–Crippen MR) is 70.7 cm³/mol. The molecular formula is C13H27N3O. The highest BCUT2D eigenvalue weighted by Crippen LogP contribution is 2.15. The van der Waals surface area contributed by atoms with Gasteiger partial charge in [-0.05, 0) is 38.8 Å². The maximum absolute atomic E-state index is 11.9. The molecule has 4 nitrogen and oxygen atoms in total. The van der Waals surface area contributed by atoms with Crippen LogP contribution in [0.25, 0.3) is 0 Å². The maximum atomic E-state index is 11.9. The molecule has 3 N–H and O–H groups in total. The van der Waals surface area contributed by atoms with E-state index in [1.54, 1.807) is 0 Å². The van der Waals surface area contributed by atoms with Crippen LogP contribution in [-0.2, 0) is 4.79 Å². The molecule has 1 fully saturated rings. The van der Waals surface area contributed by atoms with E-state index >= 15 is 0 Å². The molecule has 1 amide bonds. The molecule has 1 unspecified atom stereocenters. The first-order valence-electron chi connectivity index (χ1n) is 6.71. The van der Waals surface area contributed by atoms with Crippen molar-refractivity contribution in [1.29, 1.82) is 0 Å².